The molecule has 5 nitrogen and oxygen atoms in total. The van der Waals surface area contributed by atoms with Gasteiger partial charge in [-0.25, -0.2) is 0 Å². The second kappa shape index (κ2) is 9.14. The maximum Gasteiger partial charge on any atom is 0.250 e. The Morgan fingerprint density at radius 1 is 1.14 bits per heavy atom. The summed E-state index contributed by atoms with van der Waals surface area (Å²) in [5.74, 6) is 1.36. The van der Waals surface area contributed by atoms with Crippen LogP contribution in [0.3, 0.4) is 0 Å². The Balaban J connectivity index is 1.46. The molecule has 5 heteroatoms. The Bertz CT molecular complexity index is 873. The summed E-state index contributed by atoms with van der Waals surface area (Å²) in [6, 6.07) is 16.4. The monoisotopic (exact) mass is 392 g/mol. The molecule has 2 heterocycles. The van der Waals surface area contributed by atoms with Crippen LogP contribution in [0.2, 0.25) is 0 Å². The van der Waals surface area contributed by atoms with E-state index in [4.69, 9.17) is 9.47 Å². The summed E-state index contributed by atoms with van der Waals surface area (Å²) < 4.78 is 11.5. The molecule has 29 heavy (non-hydrogen) atoms. The predicted molar refractivity (Wildman–Crippen MR) is 114 cm³/mol. The third-order valence-corrected chi connectivity index (χ3v) is 5.52. The van der Waals surface area contributed by atoms with Crippen LogP contribution in [0.4, 0.5) is 0 Å². The van der Waals surface area contributed by atoms with Crippen molar-refractivity contribution in [1.82, 2.24) is 10.2 Å². The molecule has 2 aliphatic rings. The third-order valence-electron chi connectivity index (χ3n) is 5.52. The quantitative estimate of drug-likeness (QED) is 0.778. The predicted octanol–water partition coefficient (Wildman–Crippen LogP) is 3.81. The lowest BCUT2D eigenvalue weighted by Crippen LogP contribution is -2.38. The van der Waals surface area contributed by atoms with E-state index in [9.17, 15) is 4.79 Å². The van der Waals surface area contributed by atoms with Gasteiger partial charge in [0.05, 0.1) is 18.2 Å². The molecule has 4 rings (SSSR count). The Morgan fingerprint density at radius 2 is 1.93 bits per heavy atom. The molecule has 0 saturated carbocycles. The van der Waals surface area contributed by atoms with Crippen molar-refractivity contribution in [2.24, 2.45) is 0 Å². The molecule has 1 fully saturated rings. The first-order chi connectivity index (χ1) is 14.3. The molecule has 0 aromatic heterocycles. The molecule has 0 aliphatic carbocycles. The zero-order valence-corrected chi connectivity index (χ0v) is 16.9. The number of carbonyl (C=O) groups is 1. The molecule has 0 radical (unpaired) electrons. The number of amides is 1. The van der Waals surface area contributed by atoms with E-state index >= 15 is 0 Å². The van der Waals surface area contributed by atoms with Crippen molar-refractivity contribution < 1.29 is 14.3 Å². The van der Waals surface area contributed by atoms with Crippen molar-refractivity contribution in [3.8, 4) is 11.5 Å². The van der Waals surface area contributed by atoms with Crippen molar-refractivity contribution in [2.75, 3.05) is 32.8 Å². The number of hydrogen-bond donors (Lipinski definition) is 1. The molecular formula is C24H28N2O3. The van der Waals surface area contributed by atoms with Crippen LogP contribution >= 0.6 is 0 Å². The van der Waals surface area contributed by atoms with Gasteiger partial charge in [0.2, 0.25) is 0 Å². The second-order valence-electron chi connectivity index (χ2n) is 7.45. The lowest BCUT2D eigenvalue weighted by atomic mass is 10.0. The Morgan fingerprint density at radius 3 is 2.69 bits per heavy atom. The van der Waals surface area contributed by atoms with E-state index < -0.39 is 0 Å². The van der Waals surface area contributed by atoms with Gasteiger partial charge in [0.15, 0.2) is 11.5 Å². The van der Waals surface area contributed by atoms with E-state index in [2.05, 4.69) is 34.5 Å². The molecule has 1 N–H and O–H groups in total. The maximum atomic E-state index is 12.9. The van der Waals surface area contributed by atoms with Gasteiger partial charge in [-0.1, -0.05) is 42.5 Å². The largest absolute Gasteiger partial charge is 0.490 e. The molecular weight excluding hydrogens is 364 g/mol. The Kier molecular flexibility index (Phi) is 6.15. The first-order valence-corrected chi connectivity index (χ1v) is 10.4. The molecule has 2 aromatic carbocycles. The van der Waals surface area contributed by atoms with Gasteiger partial charge in [0.25, 0.3) is 5.91 Å². The van der Waals surface area contributed by atoms with Crippen LogP contribution in [0, 0.1) is 0 Å². The van der Waals surface area contributed by atoms with E-state index in [0.717, 1.165) is 24.4 Å². The first-order valence-electron chi connectivity index (χ1n) is 10.4. The van der Waals surface area contributed by atoms with Crippen LogP contribution in [0.15, 0.2) is 54.1 Å². The summed E-state index contributed by atoms with van der Waals surface area (Å²) >= 11 is 0. The fourth-order valence-corrected chi connectivity index (χ4v) is 4.07. The number of nitrogens with zero attached hydrogens (tertiary/aromatic N) is 1. The zero-order valence-electron chi connectivity index (χ0n) is 16.9. The molecule has 0 spiro atoms. The highest BCUT2D eigenvalue weighted by atomic mass is 16.5. The summed E-state index contributed by atoms with van der Waals surface area (Å²) in [4.78, 5) is 15.3. The minimum absolute atomic E-state index is 0.0717. The first kappa shape index (κ1) is 19.5. The van der Waals surface area contributed by atoms with Crippen LogP contribution in [-0.4, -0.2) is 43.7 Å². The van der Waals surface area contributed by atoms with Crippen molar-refractivity contribution in [2.45, 2.75) is 25.8 Å². The van der Waals surface area contributed by atoms with Crippen molar-refractivity contribution in [1.29, 1.82) is 0 Å². The van der Waals surface area contributed by atoms with Gasteiger partial charge in [-0.15, -0.1) is 0 Å². The summed E-state index contributed by atoms with van der Waals surface area (Å²) in [6.45, 7) is 5.52. The Hall–Kier alpha value is -2.79. The summed E-state index contributed by atoms with van der Waals surface area (Å²) in [5, 5.41) is 3.14. The van der Waals surface area contributed by atoms with Gasteiger partial charge >= 0.3 is 0 Å². The molecule has 0 bridgehead atoms. The van der Waals surface area contributed by atoms with E-state index in [1.807, 2.05) is 37.3 Å². The minimum atomic E-state index is -0.0717. The van der Waals surface area contributed by atoms with Crippen LogP contribution in [-0.2, 0) is 4.79 Å². The number of likely N-dealkylation sites (tertiary alicyclic amines) is 1. The molecule has 1 unspecified atom stereocenters. The summed E-state index contributed by atoms with van der Waals surface area (Å²) in [7, 11) is 0. The van der Waals surface area contributed by atoms with Crippen molar-refractivity contribution >= 4 is 12.0 Å². The number of carbonyl (C=O) groups excluding carboxylic acids is 1. The SMILES string of the molecule is CCOc1cccc2c1OCC(C(=O)NCC(c1ccccc1)N1CCCC1)=C2. The number of hydrogen-bond acceptors (Lipinski definition) is 4. The van der Waals surface area contributed by atoms with Gasteiger partial charge in [0.1, 0.15) is 6.61 Å². The number of rotatable bonds is 7. The highest BCUT2D eigenvalue weighted by Crippen LogP contribution is 2.35. The third kappa shape index (κ3) is 4.46. The van der Waals surface area contributed by atoms with E-state index in [1.165, 1.54) is 18.4 Å². The van der Waals surface area contributed by atoms with Crippen LogP contribution in [0.25, 0.3) is 6.08 Å². The fourth-order valence-electron chi connectivity index (χ4n) is 4.07. The number of ether oxygens (including phenoxy) is 2. The highest BCUT2D eigenvalue weighted by Gasteiger charge is 2.25. The van der Waals surface area contributed by atoms with Crippen LogP contribution < -0.4 is 14.8 Å². The summed E-state index contributed by atoms with van der Waals surface area (Å²) in [6.07, 6.45) is 4.34. The van der Waals surface area contributed by atoms with Gasteiger partial charge in [-0.2, -0.15) is 0 Å². The minimum Gasteiger partial charge on any atom is -0.490 e. The van der Waals surface area contributed by atoms with Crippen molar-refractivity contribution in [3.63, 3.8) is 0 Å². The highest BCUT2D eigenvalue weighted by molar-refractivity contribution is 5.99. The lowest BCUT2D eigenvalue weighted by molar-refractivity contribution is -0.118. The van der Waals surface area contributed by atoms with Crippen molar-refractivity contribution in [3.05, 3.63) is 65.2 Å². The van der Waals surface area contributed by atoms with Crippen LogP contribution in [0.5, 0.6) is 11.5 Å². The lowest BCUT2D eigenvalue weighted by Gasteiger charge is -2.28. The molecule has 2 aliphatic heterocycles. The Labute approximate surface area is 172 Å². The van der Waals surface area contributed by atoms with E-state index in [1.54, 1.807) is 0 Å². The molecule has 152 valence electrons. The molecule has 2 aromatic rings. The molecule has 1 amide bonds. The fraction of sp³-hybridized carbons (Fsp3) is 0.375. The summed E-state index contributed by atoms with van der Waals surface area (Å²) in [5.41, 5.74) is 2.76. The van der Waals surface area contributed by atoms with Crippen LogP contribution in [0.1, 0.15) is 36.9 Å². The normalized spacial score (nSPS) is 17.1. The number of nitrogens with one attached hydrogen (secondary N) is 1. The van der Waals surface area contributed by atoms with Gasteiger partial charge < -0.3 is 14.8 Å². The number of para-hydroxylation sites is 1. The zero-order chi connectivity index (χ0) is 20.1. The van der Waals surface area contributed by atoms with Gasteiger partial charge in [-0.3, -0.25) is 9.69 Å². The number of benzene rings is 2. The maximum absolute atomic E-state index is 12.9. The number of fused-ring (bicyclic) bond motifs is 1. The average Bonchev–Trinajstić information content (AvgIpc) is 3.29. The molecule has 1 atom stereocenters. The van der Waals surface area contributed by atoms with Gasteiger partial charge in [-0.05, 0) is 50.6 Å². The van der Waals surface area contributed by atoms with E-state index in [0.29, 0.717) is 24.5 Å². The van der Waals surface area contributed by atoms with E-state index in [-0.39, 0.29) is 18.6 Å². The average molecular weight is 392 g/mol. The second-order valence-corrected chi connectivity index (χ2v) is 7.45. The topological polar surface area (TPSA) is 50.8 Å². The molecule has 1 saturated heterocycles. The van der Waals surface area contributed by atoms with Gasteiger partial charge in [0, 0.05) is 12.1 Å². The smallest absolute Gasteiger partial charge is 0.250 e. The standard InChI is InChI=1S/C24H28N2O3/c1-2-28-22-12-8-11-19-15-20(17-29-23(19)22)24(27)25-16-21(26-13-6-7-14-26)18-9-4-3-5-10-18/h3-5,8-12,15,21H,2,6-7,13-14,16-17H2,1H3,(H,25,27).